The van der Waals surface area contributed by atoms with Crippen LogP contribution in [0.15, 0.2) is 18.2 Å². The number of carboxylic acid groups (broad SMARTS) is 1. The van der Waals surface area contributed by atoms with Gasteiger partial charge in [0.15, 0.2) is 0 Å². The number of rotatable bonds is 6. The molecule has 1 aromatic rings. The van der Waals surface area contributed by atoms with E-state index in [2.05, 4.69) is 5.32 Å². The Balaban J connectivity index is 3.02. The quantitative estimate of drug-likeness (QED) is 0.754. The molecule has 0 radical (unpaired) electrons. The SMILES string of the molecule is CCC(CC)(CC(=O)O)NC(=O)c1cc(O)ccc1Cl. The van der Waals surface area contributed by atoms with Gasteiger partial charge in [-0.1, -0.05) is 25.4 Å². The van der Waals surface area contributed by atoms with E-state index in [-0.39, 0.29) is 22.8 Å². The lowest BCUT2D eigenvalue weighted by Crippen LogP contribution is -2.49. The number of hydrogen-bond donors (Lipinski definition) is 3. The Morgan fingerprint density at radius 2 is 1.90 bits per heavy atom. The van der Waals surface area contributed by atoms with Crippen LogP contribution >= 0.6 is 11.6 Å². The first-order valence-corrected chi connectivity index (χ1v) is 6.74. The third kappa shape index (κ3) is 3.87. The second-order valence-corrected chi connectivity index (χ2v) is 5.08. The molecule has 6 heteroatoms. The van der Waals surface area contributed by atoms with Gasteiger partial charge < -0.3 is 15.5 Å². The average Bonchev–Trinajstić information content (AvgIpc) is 2.40. The van der Waals surface area contributed by atoms with Crippen LogP contribution in [0.25, 0.3) is 0 Å². The van der Waals surface area contributed by atoms with Crippen molar-refractivity contribution in [2.45, 2.75) is 38.6 Å². The average molecular weight is 300 g/mol. The summed E-state index contributed by atoms with van der Waals surface area (Å²) in [7, 11) is 0. The molecule has 0 heterocycles. The van der Waals surface area contributed by atoms with Crippen molar-refractivity contribution in [3.8, 4) is 5.75 Å². The van der Waals surface area contributed by atoms with Crippen molar-refractivity contribution in [1.82, 2.24) is 5.32 Å². The van der Waals surface area contributed by atoms with Crippen LogP contribution < -0.4 is 5.32 Å². The molecule has 0 fully saturated rings. The molecule has 0 bridgehead atoms. The monoisotopic (exact) mass is 299 g/mol. The molecular weight excluding hydrogens is 282 g/mol. The normalized spacial score (nSPS) is 11.2. The Labute approximate surface area is 122 Å². The van der Waals surface area contributed by atoms with Gasteiger partial charge in [0.1, 0.15) is 5.75 Å². The summed E-state index contributed by atoms with van der Waals surface area (Å²) in [4.78, 5) is 23.2. The van der Waals surface area contributed by atoms with Crippen LogP contribution in [0.1, 0.15) is 43.5 Å². The smallest absolute Gasteiger partial charge is 0.305 e. The number of nitrogens with one attached hydrogen (secondary N) is 1. The van der Waals surface area contributed by atoms with E-state index in [0.29, 0.717) is 12.8 Å². The molecule has 1 amide bonds. The van der Waals surface area contributed by atoms with Crippen LogP contribution in [0.5, 0.6) is 5.75 Å². The zero-order valence-electron chi connectivity index (χ0n) is 11.4. The van der Waals surface area contributed by atoms with E-state index in [0.717, 1.165) is 0 Å². The third-order valence-corrected chi connectivity index (χ3v) is 3.75. The van der Waals surface area contributed by atoms with Crippen molar-refractivity contribution in [3.63, 3.8) is 0 Å². The van der Waals surface area contributed by atoms with Crippen LogP contribution in [0.4, 0.5) is 0 Å². The summed E-state index contributed by atoms with van der Waals surface area (Å²) in [6.45, 7) is 3.63. The minimum atomic E-state index is -0.976. The maximum absolute atomic E-state index is 12.2. The van der Waals surface area contributed by atoms with Crippen LogP contribution in [-0.2, 0) is 4.79 Å². The summed E-state index contributed by atoms with van der Waals surface area (Å²) >= 11 is 5.92. The number of phenolic OH excluding ortho intramolecular Hbond substituents is 1. The molecule has 1 aromatic carbocycles. The van der Waals surface area contributed by atoms with Crippen LogP contribution in [0, 0.1) is 0 Å². The summed E-state index contributed by atoms with van der Waals surface area (Å²) in [6.07, 6.45) is 0.804. The molecule has 0 aliphatic carbocycles. The first-order chi connectivity index (χ1) is 9.33. The Kier molecular flexibility index (Phi) is 5.39. The number of hydrogen-bond acceptors (Lipinski definition) is 3. The number of benzene rings is 1. The number of amides is 1. The summed E-state index contributed by atoms with van der Waals surface area (Å²) in [5.74, 6) is -1.54. The zero-order chi connectivity index (χ0) is 15.3. The first kappa shape index (κ1) is 16.3. The molecule has 0 saturated heterocycles. The van der Waals surface area contributed by atoms with E-state index >= 15 is 0 Å². The fourth-order valence-electron chi connectivity index (χ4n) is 2.01. The highest BCUT2D eigenvalue weighted by molar-refractivity contribution is 6.33. The molecule has 0 atom stereocenters. The van der Waals surface area contributed by atoms with E-state index in [4.69, 9.17) is 16.7 Å². The van der Waals surface area contributed by atoms with Gasteiger partial charge in [-0.15, -0.1) is 0 Å². The van der Waals surface area contributed by atoms with Crippen molar-refractivity contribution < 1.29 is 19.8 Å². The number of carbonyl (C=O) groups excluding carboxylic acids is 1. The molecule has 3 N–H and O–H groups in total. The topological polar surface area (TPSA) is 86.6 Å². The summed E-state index contributed by atoms with van der Waals surface area (Å²) in [6, 6.07) is 4.06. The molecular formula is C14H18ClNO4. The van der Waals surface area contributed by atoms with E-state index in [1.807, 2.05) is 13.8 Å². The van der Waals surface area contributed by atoms with Gasteiger partial charge in [0, 0.05) is 0 Å². The maximum Gasteiger partial charge on any atom is 0.305 e. The number of carboxylic acids is 1. The molecule has 0 aliphatic heterocycles. The fourth-order valence-corrected chi connectivity index (χ4v) is 2.21. The van der Waals surface area contributed by atoms with Crippen molar-refractivity contribution >= 4 is 23.5 Å². The predicted molar refractivity (Wildman–Crippen MR) is 76.1 cm³/mol. The Hall–Kier alpha value is -1.75. The summed E-state index contributed by atoms with van der Waals surface area (Å²) in [5, 5.41) is 21.3. The van der Waals surface area contributed by atoms with E-state index in [9.17, 15) is 14.7 Å². The highest BCUT2D eigenvalue weighted by Gasteiger charge is 2.31. The number of halogens is 1. The molecule has 1 rings (SSSR count). The van der Waals surface area contributed by atoms with Gasteiger partial charge in [-0.2, -0.15) is 0 Å². The maximum atomic E-state index is 12.2. The van der Waals surface area contributed by atoms with Crippen molar-refractivity contribution in [3.05, 3.63) is 28.8 Å². The highest BCUT2D eigenvalue weighted by Crippen LogP contribution is 2.24. The van der Waals surface area contributed by atoms with Gasteiger partial charge in [0.05, 0.1) is 22.5 Å². The minimum absolute atomic E-state index is 0.0728. The molecule has 20 heavy (non-hydrogen) atoms. The number of aliphatic carboxylic acids is 1. The number of carbonyl (C=O) groups is 2. The molecule has 0 unspecified atom stereocenters. The van der Waals surface area contributed by atoms with Gasteiger partial charge in [-0.05, 0) is 31.0 Å². The molecule has 0 saturated carbocycles. The van der Waals surface area contributed by atoms with Gasteiger partial charge in [-0.3, -0.25) is 9.59 Å². The zero-order valence-corrected chi connectivity index (χ0v) is 12.2. The van der Waals surface area contributed by atoms with Crippen LogP contribution in [0.3, 0.4) is 0 Å². The Morgan fingerprint density at radius 1 is 1.30 bits per heavy atom. The third-order valence-electron chi connectivity index (χ3n) is 3.42. The van der Waals surface area contributed by atoms with Gasteiger partial charge in [-0.25, -0.2) is 0 Å². The second-order valence-electron chi connectivity index (χ2n) is 4.68. The van der Waals surface area contributed by atoms with E-state index in [1.54, 1.807) is 0 Å². The van der Waals surface area contributed by atoms with Gasteiger partial charge in [0.25, 0.3) is 5.91 Å². The van der Waals surface area contributed by atoms with Crippen molar-refractivity contribution in [2.24, 2.45) is 0 Å². The lowest BCUT2D eigenvalue weighted by molar-refractivity contribution is -0.138. The fraction of sp³-hybridized carbons (Fsp3) is 0.429. The van der Waals surface area contributed by atoms with Gasteiger partial charge >= 0.3 is 5.97 Å². The first-order valence-electron chi connectivity index (χ1n) is 6.36. The van der Waals surface area contributed by atoms with Crippen molar-refractivity contribution in [1.29, 1.82) is 0 Å². The second kappa shape index (κ2) is 6.61. The molecule has 0 spiro atoms. The summed E-state index contributed by atoms with van der Waals surface area (Å²) in [5.41, 5.74) is -0.694. The standard InChI is InChI=1S/C14H18ClNO4/c1-3-14(4-2,8-12(18)19)16-13(20)10-7-9(17)5-6-11(10)15/h5-7,17H,3-4,8H2,1-2H3,(H,16,20)(H,18,19). The van der Waals surface area contributed by atoms with E-state index in [1.165, 1.54) is 18.2 Å². The number of aromatic hydroxyl groups is 1. The van der Waals surface area contributed by atoms with Gasteiger partial charge in [0.2, 0.25) is 0 Å². The summed E-state index contributed by atoms with van der Waals surface area (Å²) < 4.78 is 0. The molecule has 0 aromatic heterocycles. The predicted octanol–water partition coefficient (Wildman–Crippen LogP) is 2.81. The largest absolute Gasteiger partial charge is 0.508 e. The molecule has 0 aliphatic rings. The Morgan fingerprint density at radius 3 is 2.40 bits per heavy atom. The molecule has 5 nitrogen and oxygen atoms in total. The van der Waals surface area contributed by atoms with Crippen LogP contribution in [-0.4, -0.2) is 27.6 Å². The highest BCUT2D eigenvalue weighted by atomic mass is 35.5. The molecule has 110 valence electrons. The van der Waals surface area contributed by atoms with E-state index < -0.39 is 17.4 Å². The minimum Gasteiger partial charge on any atom is -0.508 e. The Bertz CT molecular complexity index is 512. The lowest BCUT2D eigenvalue weighted by Gasteiger charge is -2.31. The number of phenols is 1. The van der Waals surface area contributed by atoms with Crippen LogP contribution in [0.2, 0.25) is 5.02 Å². The van der Waals surface area contributed by atoms with Crippen molar-refractivity contribution in [2.75, 3.05) is 0 Å². The lowest BCUT2D eigenvalue weighted by atomic mass is 9.88.